The average Bonchev–Trinajstić information content (AvgIpc) is 3.31. The number of carbonyl (C=O) groups excluding carboxylic acids is 2. The molecule has 0 atom stereocenters. The minimum atomic E-state index is -0.183. The van der Waals surface area contributed by atoms with Crippen molar-refractivity contribution < 1.29 is 9.59 Å². The maximum atomic E-state index is 12.7. The van der Waals surface area contributed by atoms with Gasteiger partial charge in [0.2, 0.25) is 5.91 Å². The van der Waals surface area contributed by atoms with Crippen LogP contribution in [0.5, 0.6) is 0 Å². The van der Waals surface area contributed by atoms with E-state index < -0.39 is 0 Å². The summed E-state index contributed by atoms with van der Waals surface area (Å²) in [7, 11) is 1.58. The maximum absolute atomic E-state index is 12.7. The Morgan fingerprint density at radius 1 is 1.00 bits per heavy atom. The van der Waals surface area contributed by atoms with Crippen molar-refractivity contribution in [2.75, 3.05) is 18.1 Å². The van der Waals surface area contributed by atoms with Gasteiger partial charge in [0.25, 0.3) is 5.91 Å². The summed E-state index contributed by atoms with van der Waals surface area (Å²) in [5.41, 5.74) is 4.11. The minimum Gasteiger partial charge on any atom is -0.355 e. The van der Waals surface area contributed by atoms with Crippen LogP contribution in [-0.4, -0.2) is 44.4 Å². The number of nitrogens with zero attached hydrogens (tertiary/aromatic N) is 4. The molecule has 0 unspecified atom stereocenters. The number of hydrogen-bond acceptors (Lipinski definition) is 6. The summed E-state index contributed by atoms with van der Waals surface area (Å²) < 4.78 is 1.99. The van der Waals surface area contributed by atoms with E-state index in [1.165, 1.54) is 11.8 Å². The van der Waals surface area contributed by atoms with Crippen LogP contribution in [0.1, 0.15) is 35.7 Å². The van der Waals surface area contributed by atoms with Crippen molar-refractivity contribution in [3.8, 4) is 17.1 Å². The Bertz CT molecular complexity index is 1320. The van der Waals surface area contributed by atoms with Gasteiger partial charge in [0.15, 0.2) is 11.0 Å². The van der Waals surface area contributed by atoms with Crippen molar-refractivity contribution in [3.05, 3.63) is 84.2 Å². The van der Waals surface area contributed by atoms with Crippen molar-refractivity contribution in [1.82, 2.24) is 25.1 Å². The number of aromatic nitrogens is 4. The Labute approximate surface area is 208 Å². The number of carbonyl (C=O) groups is 2. The van der Waals surface area contributed by atoms with Crippen molar-refractivity contribution in [3.63, 3.8) is 0 Å². The number of rotatable bonds is 8. The number of thioether (sulfide) groups is 1. The molecule has 8 nitrogen and oxygen atoms in total. The molecule has 2 N–H and O–H groups in total. The van der Waals surface area contributed by atoms with Crippen LogP contribution in [0.25, 0.3) is 17.1 Å². The molecule has 2 heterocycles. The van der Waals surface area contributed by atoms with Crippen LogP contribution in [0.2, 0.25) is 0 Å². The van der Waals surface area contributed by atoms with Crippen LogP contribution >= 0.6 is 11.8 Å². The van der Waals surface area contributed by atoms with Gasteiger partial charge in [-0.2, -0.15) is 0 Å². The molecule has 9 heteroatoms. The van der Waals surface area contributed by atoms with Gasteiger partial charge in [-0.05, 0) is 53.9 Å². The molecule has 0 aliphatic rings. The number of pyridine rings is 1. The van der Waals surface area contributed by atoms with E-state index in [4.69, 9.17) is 0 Å². The van der Waals surface area contributed by atoms with Crippen molar-refractivity contribution in [2.45, 2.75) is 24.9 Å². The van der Waals surface area contributed by atoms with Gasteiger partial charge in [-0.1, -0.05) is 43.8 Å². The molecule has 0 bridgehead atoms. The first-order valence-electron chi connectivity index (χ1n) is 11.2. The second kappa shape index (κ2) is 11.0. The lowest BCUT2D eigenvalue weighted by Gasteiger charge is -2.16. The zero-order valence-corrected chi connectivity index (χ0v) is 20.5. The Morgan fingerprint density at radius 3 is 2.46 bits per heavy atom. The third kappa shape index (κ3) is 5.58. The Kier molecular flexibility index (Phi) is 7.57. The van der Waals surface area contributed by atoms with Gasteiger partial charge in [0.1, 0.15) is 0 Å². The first-order chi connectivity index (χ1) is 17.0. The van der Waals surface area contributed by atoms with Crippen LogP contribution in [0, 0.1) is 0 Å². The highest BCUT2D eigenvalue weighted by Crippen LogP contribution is 2.32. The number of para-hydroxylation sites is 1. The Morgan fingerprint density at radius 2 is 1.77 bits per heavy atom. The van der Waals surface area contributed by atoms with Gasteiger partial charge >= 0.3 is 0 Å². The number of benzene rings is 2. The molecule has 0 radical (unpaired) electrons. The van der Waals surface area contributed by atoms with Crippen LogP contribution in [-0.2, 0) is 4.79 Å². The summed E-state index contributed by atoms with van der Waals surface area (Å²) in [6.45, 7) is 4.28. The van der Waals surface area contributed by atoms with Crippen LogP contribution < -0.4 is 10.6 Å². The number of hydrogen-bond donors (Lipinski definition) is 2. The molecule has 2 aromatic heterocycles. The molecule has 0 spiro atoms. The minimum absolute atomic E-state index is 0.145. The average molecular weight is 487 g/mol. The Balaban J connectivity index is 1.58. The molecule has 4 rings (SSSR count). The van der Waals surface area contributed by atoms with Crippen LogP contribution in [0.4, 0.5) is 5.69 Å². The van der Waals surface area contributed by atoms with Crippen molar-refractivity contribution in [1.29, 1.82) is 0 Å². The molecular weight excluding hydrogens is 460 g/mol. The smallest absolute Gasteiger partial charge is 0.251 e. The fourth-order valence-corrected chi connectivity index (χ4v) is 4.36. The molecule has 0 aliphatic heterocycles. The topological polar surface area (TPSA) is 102 Å². The summed E-state index contributed by atoms with van der Waals surface area (Å²) in [6.07, 6.45) is 3.47. The third-order valence-corrected chi connectivity index (χ3v) is 6.27. The van der Waals surface area contributed by atoms with Gasteiger partial charge in [-0.15, -0.1) is 10.2 Å². The lowest BCUT2D eigenvalue weighted by Crippen LogP contribution is -2.18. The summed E-state index contributed by atoms with van der Waals surface area (Å²) >= 11 is 1.31. The quantitative estimate of drug-likeness (QED) is 0.355. The van der Waals surface area contributed by atoms with Gasteiger partial charge in [-0.3, -0.25) is 19.1 Å². The molecule has 4 aromatic rings. The summed E-state index contributed by atoms with van der Waals surface area (Å²) in [5, 5.41) is 14.9. The van der Waals surface area contributed by atoms with E-state index in [9.17, 15) is 9.59 Å². The summed E-state index contributed by atoms with van der Waals surface area (Å²) in [4.78, 5) is 28.6. The highest BCUT2D eigenvalue weighted by atomic mass is 32.2. The highest BCUT2D eigenvalue weighted by molar-refractivity contribution is 7.99. The zero-order valence-electron chi connectivity index (χ0n) is 19.7. The summed E-state index contributed by atoms with van der Waals surface area (Å²) in [6, 6.07) is 18.7. The SMILES string of the molecule is CNC(=O)c1ccc(NC(=O)CSc2nnc(-c3cccnc3)n2-c2ccccc2C(C)C)cc1. The third-order valence-electron chi connectivity index (χ3n) is 5.34. The molecule has 178 valence electrons. The molecular formula is C26H26N6O2S. The predicted molar refractivity (Wildman–Crippen MR) is 138 cm³/mol. The second-order valence-corrected chi connectivity index (χ2v) is 9.03. The molecule has 0 saturated carbocycles. The number of nitrogens with one attached hydrogen (secondary N) is 2. The van der Waals surface area contributed by atoms with E-state index in [-0.39, 0.29) is 23.5 Å². The lowest BCUT2D eigenvalue weighted by molar-refractivity contribution is -0.113. The van der Waals surface area contributed by atoms with E-state index in [1.54, 1.807) is 43.7 Å². The van der Waals surface area contributed by atoms with Gasteiger partial charge < -0.3 is 10.6 Å². The molecule has 2 aromatic carbocycles. The monoisotopic (exact) mass is 486 g/mol. The molecule has 2 amide bonds. The largest absolute Gasteiger partial charge is 0.355 e. The first kappa shape index (κ1) is 24.2. The Hall–Kier alpha value is -3.98. The maximum Gasteiger partial charge on any atom is 0.251 e. The molecule has 35 heavy (non-hydrogen) atoms. The van der Waals surface area contributed by atoms with Gasteiger partial charge in [-0.25, -0.2) is 0 Å². The molecule has 0 saturated heterocycles. The van der Waals surface area contributed by atoms with Crippen molar-refractivity contribution >= 4 is 29.3 Å². The second-order valence-electron chi connectivity index (χ2n) is 8.09. The lowest BCUT2D eigenvalue weighted by atomic mass is 10.0. The first-order valence-corrected chi connectivity index (χ1v) is 12.2. The van der Waals surface area contributed by atoms with Gasteiger partial charge in [0.05, 0.1) is 11.4 Å². The summed E-state index contributed by atoms with van der Waals surface area (Å²) in [5.74, 6) is 0.737. The van der Waals surface area contributed by atoms with Crippen molar-refractivity contribution in [2.24, 2.45) is 0 Å². The number of anilines is 1. The van der Waals surface area contributed by atoms with E-state index in [1.807, 2.05) is 34.9 Å². The zero-order chi connectivity index (χ0) is 24.8. The van der Waals surface area contributed by atoms with Crippen LogP contribution in [0.15, 0.2) is 78.2 Å². The molecule has 0 fully saturated rings. The van der Waals surface area contributed by atoms with E-state index in [0.717, 1.165) is 16.8 Å². The van der Waals surface area contributed by atoms with E-state index >= 15 is 0 Å². The van der Waals surface area contributed by atoms with E-state index in [2.05, 4.69) is 45.7 Å². The van der Waals surface area contributed by atoms with Gasteiger partial charge in [0, 0.05) is 36.3 Å². The highest BCUT2D eigenvalue weighted by Gasteiger charge is 2.20. The predicted octanol–water partition coefficient (Wildman–Crippen LogP) is 4.54. The van der Waals surface area contributed by atoms with Crippen LogP contribution in [0.3, 0.4) is 0 Å². The fraction of sp³-hybridized carbons (Fsp3) is 0.192. The fourth-order valence-electron chi connectivity index (χ4n) is 3.62. The van der Waals surface area contributed by atoms with E-state index in [0.29, 0.717) is 22.2 Å². The number of amides is 2. The normalized spacial score (nSPS) is 10.9. The molecule has 0 aliphatic carbocycles. The standard InChI is InChI=1S/C26H26N6O2S/c1-17(2)21-8-4-5-9-22(21)32-24(19-7-6-14-28-15-19)30-31-26(32)35-16-23(33)29-20-12-10-18(11-13-20)25(34)27-3/h4-15,17H,16H2,1-3H3,(H,27,34)(H,29,33).